The number of hydrogen-bond donors (Lipinski definition) is 0. The third-order valence-corrected chi connectivity index (χ3v) is 2.09. The van der Waals surface area contributed by atoms with Gasteiger partial charge in [-0.1, -0.05) is 23.2 Å². The van der Waals surface area contributed by atoms with E-state index in [9.17, 15) is 9.59 Å². The number of allylic oxidation sites excluding steroid dienone is 4. The molecule has 15 heavy (non-hydrogen) atoms. The normalized spacial score (nSPS) is 12.9. The Morgan fingerprint density at radius 2 is 1.80 bits per heavy atom. The first-order valence-corrected chi connectivity index (χ1v) is 4.31. The van der Waals surface area contributed by atoms with Gasteiger partial charge in [0.1, 0.15) is 28.3 Å². The highest BCUT2D eigenvalue weighted by atomic mass is 35.5. The third kappa shape index (κ3) is 3.21. The van der Waals surface area contributed by atoms with Crippen LogP contribution in [0.4, 0.5) is 0 Å². The van der Waals surface area contributed by atoms with Crippen LogP contribution in [0.1, 0.15) is 6.92 Å². The van der Waals surface area contributed by atoms with Gasteiger partial charge >= 0.3 is 0 Å². The van der Waals surface area contributed by atoms with E-state index in [0.29, 0.717) is 0 Å². The summed E-state index contributed by atoms with van der Waals surface area (Å²) < 4.78 is 0. The minimum atomic E-state index is -0.935. The van der Waals surface area contributed by atoms with Gasteiger partial charge in [0.05, 0.1) is 0 Å². The van der Waals surface area contributed by atoms with Crippen molar-refractivity contribution in [2.45, 2.75) is 6.92 Å². The zero-order valence-electron chi connectivity index (χ0n) is 7.54. The summed E-state index contributed by atoms with van der Waals surface area (Å²) in [5.74, 6) is -0.935. The van der Waals surface area contributed by atoms with Gasteiger partial charge in [0.2, 0.25) is 5.78 Å². The molecule has 0 aliphatic carbocycles. The van der Waals surface area contributed by atoms with Crippen LogP contribution in [0.15, 0.2) is 21.2 Å². The summed E-state index contributed by atoms with van der Waals surface area (Å²) in [7, 11) is 0. The van der Waals surface area contributed by atoms with E-state index in [1.54, 1.807) is 0 Å². The lowest BCUT2D eigenvalue weighted by atomic mass is 10.1. The highest BCUT2D eigenvalue weighted by molar-refractivity contribution is 6.50. The molecule has 4 nitrogen and oxygen atoms in total. The number of nitriles is 2. The van der Waals surface area contributed by atoms with Crippen LogP contribution in [0.2, 0.25) is 0 Å². The molecule has 0 unspecified atom stereocenters. The molecule has 0 spiro atoms. The highest BCUT2D eigenvalue weighted by Gasteiger charge is 2.19. The van der Waals surface area contributed by atoms with Crippen LogP contribution in [0.3, 0.4) is 0 Å². The summed E-state index contributed by atoms with van der Waals surface area (Å²) in [5.41, 5.74) is -1.18. The molecule has 0 aromatic heterocycles. The van der Waals surface area contributed by atoms with Crippen molar-refractivity contribution < 1.29 is 9.59 Å². The van der Waals surface area contributed by atoms with E-state index >= 15 is 0 Å². The molecule has 6 heteroatoms. The van der Waals surface area contributed by atoms with E-state index in [1.165, 1.54) is 19.1 Å². The summed E-state index contributed by atoms with van der Waals surface area (Å²) in [5, 5.41) is 16.7. The number of hydrogen-bond acceptors (Lipinski definition) is 4. The lowest BCUT2D eigenvalue weighted by molar-refractivity contribution is -0.112. The van der Waals surface area contributed by atoms with Crippen LogP contribution >= 0.6 is 23.2 Å². The molecule has 0 saturated carbocycles. The molecule has 0 aromatic carbocycles. The smallest absolute Gasteiger partial charge is 0.217 e. The maximum absolute atomic E-state index is 11.4. The summed E-state index contributed by atoms with van der Waals surface area (Å²) >= 11 is 10.9. The fourth-order valence-electron chi connectivity index (χ4n) is 0.641. The third-order valence-electron chi connectivity index (χ3n) is 1.35. The van der Waals surface area contributed by atoms with E-state index in [1.807, 2.05) is 0 Å². The molecule has 0 rings (SSSR count). The molecule has 0 amide bonds. The number of rotatable bonds is 3. The van der Waals surface area contributed by atoms with Crippen LogP contribution in [-0.4, -0.2) is 12.1 Å². The second kappa shape index (κ2) is 5.98. The van der Waals surface area contributed by atoms with E-state index in [-0.39, 0.29) is 16.4 Å². The number of nitrogens with zero attached hydrogens (tertiary/aromatic N) is 2. The van der Waals surface area contributed by atoms with E-state index in [2.05, 4.69) is 0 Å². The Balaban J connectivity index is 5.62. The van der Waals surface area contributed by atoms with E-state index in [4.69, 9.17) is 33.7 Å². The second-order valence-electron chi connectivity index (χ2n) is 2.31. The molecule has 0 heterocycles. The summed E-state index contributed by atoms with van der Waals surface area (Å²) in [4.78, 5) is 21.8. The Kier molecular flexibility index (Phi) is 5.33. The van der Waals surface area contributed by atoms with Crippen molar-refractivity contribution in [1.29, 1.82) is 10.5 Å². The summed E-state index contributed by atoms with van der Waals surface area (Å²) in [6.45, 7) is 1.35. The van der Waals surface area contributed by atoms with Gasteiger partial charge in [0.15, 0.2) is 6.29 Å². The first-order valence-electron chi connectivity index (χ1n) is 3.55. The zero-order chi connectivity index (χ0) is 12.0. The number of carbonyl (C=O) groups excluding carboxylic acids is 2. The zero-order valence-corrected chi connectivity index (χ0v) is 9.06. The van der Waals surface area contributed by atoms with Crippen LogP contribution < -0.4 is 0 Å². The van der Waals surface area contributed by atoms with Crippen LogP contribution in [0.25, 0.3) is 0 Å². The van der Waals surface area contributed by atoms with Crippen molar-refractivity contribution in [3.8, 4) is 12.1 Å². The van der Waals surface area contributed by atoms with E-state index < -0.39 is 16.9 Å². The van der Waals surface area contributed by atoms with Crippen molar-refractivity contribution in [3.05, 3.63) is 21.2 Å². The Morgan fingerprint density at radius 3 is 2.07 bits per heavy atom. The highest BCUT2D eigenvalue weighted by Crippen LogP contribution is 2.18. The molecule has 0 aromatic rings. The predicted molar refractivity (Wildman–Crippen MR) is 53.7 cm³/mol. The van der Waals surface area contributed by atoms with Crippen molar-refractivity contribution in [2.75, 3.05) is 0 Å². The topological polar surface area (TPSA) is 81.7 Å². The van der Waals surface area contributed by atoms with Gasteiger partial charge < -0.3 is 0 Å². The monoisotopic (exact) mass is 242 g/mol. The lowest BCUT2D eigenvalue weighted by Crippen LogP contribution is -2.05. The fraction of sp³-hybridized carbons (Fsp3) is 0.111. The summed E-state index contributed by atoms with van der Waals surface area (Å²) in [6.07, 6.45) is 0.115. The number of ketones is 1. The van der Waals surface area contributed by atoms with Gasteiger partial charge in [0, 0.05) is 5.03 Å². The van der Waals surface area contributed by atoms with Gasteiger partial charge in [-0.25, -0.2) is 0 Å². The number of Topliss-reactive ketones (excluding diaryl/α,β-unsaturated/α-hetero) is 1. The molecule has 0 fully saturated rings. The SMILES string of the molecule is C/C(Cl)=C(/Cl)C(=O)/C(C#N)=C(/C#N)C=O. The Hall–Kier alpha value is -1.62. The fourth-order valence-corrected chi connectivity index (χ4v) is 0.821. The molecule has 0 radical (unpaired) electrons. The molecule has 0 aliphatic heterocycles. The Labute approximate surface area is 96.0 Å². The van der Waals surface area contributed by atoms with Gasteiger partial charge in [-0.05, 0) is 6.92 Å². The van der Waals surface area contributed by atoms with Crippen LogP contribution in [0.5, 0.6) is 0 Å². The lowest BCUT2D eigenvalue weighted by Gasteiger charge is -1.97. The molecule has 0 bridgehead atoms. The molecule has 76 valence electrons. The van der Waals surface area contributed by atoms with Crippen LogP contribution in [0, 0.1) is 22.7 Å². The maximum atomic E-state index is 11.4. The molecule has 0 saturated heterocycles. The van der Waals surface area contributed by atoms with E-state index in [0.717, 1.165) is 0 Å². The molecule has 0 aliphatic rings. The minimum Gasteiger partial charge on any atom is -0.297 e. The minimum absolute atomic E-state index is 0.0161. The maximum Gasteiger partial charge on any atom is 0.217 e. The molecule has 0 N–H and O–H groups in total. The number of aldehydes is 1. The first kappa shape index (κ1) is 13.4. The number of halogens is 2. The molecule has 0 atom stereocenters. The second-order valence-corrected chi connectivity index (χ2v) is 3.25. The first-order chi connectivity index (χ1) is 6.99. The largest absolute Gasteiger partial charge is 0.297 e. The van der Waals surface area contributed by atoms with Crippen molar-refractivity contribution >= 4 is 35.3 Å². The number of carbonyl (C=O) groups is 2. The average molecular weight is 243 g/mol. The standard InChI is InChI=1S/C9H4Cl2N2O2/c1-5(10)8(11)9(15)7(3-13)6(2-12)4-14/h4H,1H3/b7-6-,8-5-. The van der Waals surface area contributed by atoms with Gasteiger partial charge in [-0.3, -0.25) is 9.59 Å². The van der Waals surface area contributed by atoms with Gasteiger partial charge in [-0.15, -0.1) is 0 Å². The van der Waals surface area contributed by atoms with Gasteiger partial charge in [-0.2, -0.15) is 10.5 Å². The quantitative estimate of drug-likeness (QED) is 0.430. The summed E-state index contributed by atoms with van der Waals surface area (Å²) in [6, 6.07) is 2.86. The Bertz CT molecular complexity index is 446. The van der Waals surface area contributed by atoms with Crippen molar-refractivity contribution in [2.24, 2.45) is 0 Å². The van der Waals surface area contributed by atoms with Crippen molar-refractivity contribution in [1.82, 2.24) is 0 Å². The Morgan fingerprint density at radius 1 is 1.27 bits per heavy atom. The average Bonchev–Trinajstić information content (AvgIpc) is 2.23. The van der Waals surface area contributed by atoms with Gasteiger partial charge in [0.25, 0.3) is 0 Å². The molecular formula is C9H4Cl2N2O2. The van der Waals surface area contributed by atoms with Crippen LogP contribution in [-0.2, 0) is 9.59 Å². The molecular weight excluding hydrogens is 239 g/mol. The predicted octanol–water partition coefficient (Wildman–Crippen LogP) is 1.81. The van der Waals surface area contributed by atoms with Crippen molar-refractivity contribution in [3.63, 3.8) is 0 Å².